The van der Waals surface area contributed by atoms with E-state index in [4.69, 9.17) is 4.74 Å². The van der Waals surface area contributed by atoms with E-state index in [1.54, 1.807) is 19.2 Å². The maximum absolute atomic E-state index is 12.9. The number of nitrogens with zero attached hydrogens (tertiary/aromatic N) is 2. The van der Waals surface area contributed by atoms with Crippen LogP contribution in [0, 0.1) is 13.8 Å². The molecule has 0 aliphatic rings. The van der Waals surface area contributed by atoms with Crippen LogP contribution in [0.5, 0.6) is 5.75 Å². The van der Waals surface area contributed by atoms with Crippen molar-refractivity contribution in [3.05, 3.63) is 41.2 Å². The predicted octanol–water partition coefficient (Wildman–Crippen LogP) is 3.28. The summed E-state index contributed by atoms with van der Waals surface area (Å²) in [6, 6.07) is 7.18. The first-order valence-corrected chi connectivity index (χ1v) is 9.44. The molecule has 126 valence electrons. The minimum Gasteiger partial charge on any atom is -0.496 e. The maximum Gasteiger partial charge on any atom is 0.228 e. The summed E-state index contributed by atoms with van der Waals surface area (Å²) in [6.45, 7) is 6.52. The summed E-state index contributed by atoms with van der Waals surface area (Å²) in [5.41, 5.74) is 2.33. The molecule has 0 amide bonds. The molecule has 0 radical (unpaired) electrons. The smallest absolute Gasteiger partial charge is 0.228 e. The van der Waals surface area contributed by atoms with Gasteiger partial charge in [0.1, 0.15) is 5.75 Å². The molecule has 1 aromatic heterocycles. The highest BCUT2D eigenvalue weighted by Gasteiger charge is 2.25. The first-order valence-electron chi connectivity index (χ1n) is 7.79. The number of aryl methyl sites for hydroxylation is 1. The van der Waals surface area contributed by atoms with Crippen molar-refractivity contribution in [2.24, 2.45) is 0 Å². The quantitative estimate of drug-likeness (QED) is 0.778. The molecule has 0 atom stereocenters. The monoisotopic (exact) mass is 336 g/mol. The van der Waals surface area contributed by atoms with Crippen LogP contribution in [-0.4, -0.2) is 25.1 Å². The lowest BCUT2D eigenvalue weighted by Gasteiger charge is -2.11. The van der Waals surface area contributed by atoms with Gasteiger partial charge < -0.3 is 9.30 Å². The highest BCUT2D eigenvalue weighted by Crippen LogP contribution is 2.25. The number of aromatic nitrogens is 2. The third kappa shape index (κ3) is 3.75. The molecule has 23 heavy (non-hydrogen) atoms. The van der Waals surface area contributed by atoms with Gasteiger partial charge in [0, 0.05) is 17.8 Å². The molecule has 0 fully saturated rings. The van der Waals surface area contributed by atoms with Crippen LogP contribution in [0.2, 0.25) is 0 Å². The van der Waals surface area contributed by atoms with Gasteiger partial charge >= 0.3 is 0 Å². The zero-order valence-electron chi connectivity index (χ0n) is 14.2. The van der Waals surface area contributed by atoms with Gasteiger partial charge in [0.15, 0.2) is 0 Å². The molecule has 0 N–H and O–H groups in total. The Balaban J connectivity index is 2.42. The normalized spacial score (nSPS) is 11.7. The summed E-state index contributed by atoms with van der Waals surface area (Å²) >= 11 is 0. The molecule has 0 aliphatic heterocycles. The Morgan fingerprint density at radius 2 is 1.91 bits per heavy atom. The topological polar surface area (TPSA) is 61.2 Å². The van der Waals surface area contributed by atoms with Gasteiger partial charge in [-0.2, -0.15) is 0 Å². The van der Waals surface area contributed by atoms with Crippen LogP contribution >= 0.6 is 0 Å². The van der Waals surface area contributed by atoms with Crippen molar-refractivity contribution in [2.45, 2.75) is 51.1 Å². The number of hydrogen-bond acceptors (Lipinski definition) is 4. The maximum atomic E-state index is 12.9. The Morgan fingerprint density at radius 1 is 1.22 bits per heavy atom. The molecule has 0 unspecified atom stereocenters. The molecule has 2 aromatic rings. The predicted molar refractivity (Wildman–Crippen MR) is 90.5 cm³/mol. The van der Waals surface area contributed by atoms with Gasteiger partial charge in [-0.05, 0) is 26.3 Å². The molecule has 0 saturated carbocycles. The second-order valence-electron chi connectivity index (χ2n) is 5.64. The van der Waals surface area contributed by atoms with Crippen molar-refractivity contribution in [1.82, 2.24) is 9.55 Å². The minimum atomic E-state index is -3.54. The Hall–Kier alpha value is -1.82. The van der Waals surface area contributed by atoms with E-state index in [1.807, 2.05) is 30.5 Å². The fourth-order valence-corrected chi connectivity index (χ4v) is 4.15. The molecule has 5 nitrogen and oxygen atoms in total. The number of methoxy groups -OCH3 is 1. The first kappa shape index (κ1) is 17.5. The van der Waals surface area contributed by atoms with Crippen LogP contribution in [0.25, 0.3) is 0 Å². The SMILES string of the molecule is CCCCn1c(S(=O)(=O)Cc2ccccc2OC)nc(C)c1C. The highest BCUT2D eigenvalue weighted by molar-refractivity contribution is 7.90. The van der Waals surface area contributed by atoms with Crippen LogP contribution in [0.1, 0.15) is 36.7 Å². The van der Waals surface area contributed by atoms with Crippen LogP contribution in [-0.2, 0) is 22.1 Å². The number of imidazole rings is 1. The second-order valence-corrected chi connectivity index (χ2v) is 7.52. The van der Waals surface area contributed by atoms with Crippen molar-refractivity contribution in [1.29, 1.82) is 0 Å². The third-order valence-corrected chi connectivity index (χ3v) is 5.53. The Morgan fingerprint density at radius 3 is 2.57 bits per heavy atom. The van der Waals surface area contributed by atoms with E-state index in [1.165, 1.54) is 0 Å². The summed E-state index contributed by atoms with van der Waals surface area (Å²) in [5.74, 6) is 0.468. The molecule has 0 spiro atoms. The minimum absolute atomic E-state index is 0.112. The van der Waals surface area contributed by atoms with Crippen LogP contribution < -0.4 is 4.74 Å². The number of sulfone groups is 1. The molecule has 1 aromatic carbocycles. The van der Waals surface area contributed by atoms with Gasteiger partial charge in [-0.15, -0.1) is 0 Å². The molecule has 0 aliphatic carbocycles. The molecule has 0 saturated heterocycles. The number of rotatable bonds is 7. The number of unbranched alkanes of at least 4 members (excludes halogenated alkanes) is 1. The second kappa shape index (κ2) is 7.17. The van der Waals surface area contributed by atoms with E-state index in [-0.39, 0.29) is 10.9 Å². The molecule has 6 heteroatoms. The average molecular weight is 336 g/mol. The van der Waals surface area contributed by atoms with E-state index in [9.17, 15) is 8.42 Å². The lowest BCUT2D eigenvalue weighted by Crippen LogP contribution is -2.14. The van der Waals surface area contributed by atoms with Gasteiger partial charge in [0.25, 0.3) is 0 Å². The van der Waals surface area contributed by atoms with Crippen LogP contribution in [0.4, 0.5) is 0 Å². The molecular formula is C17H24N2O3S. The van der Waals surface area contributed by atoms with Gasteiger partial charge in [0.05, 0.1) is 18.6 Å². The Labute approximate surface area is 138 Å². The van der Waals surface area contributed by atoms with E-state index >= 15 is 0 Å². The first-order chi connectivity index (χ1) is 10.9. The van der Waals surface area contributed by atoms with Gasteiger partial charge in [-0.1, -0.05) is 31.5 Å². The van der Waals surface area contributed by atoms with Crippen molar-refractivity contribution < 1.29 is 13.2 Å². The largest absolute Gasteiger partial charge is 0.496 e. The fraction of sp³-hybridized carbons (Fsp3) is 0.471. The summed E-state index contributed by atoms with van der Waals surface area (Å²) in [4.78, 5) is 4.32. The number of hydrogen-bond donors (Lipinski definition) is 0. The van der Waals surface area contributed by atoms with E-state index in [2.05, 4.69) is 11.9 Å². The van der Waals surface area contributed by atoms with Gasteiger partial charge in [-0.3, -0.25) is 0 Å². The summed E-state index contributed by atoms with van der Waals surface area (Å²) in [6.07, 6.45) is 1.93. The van der Waals surface area contributed by atoms with Crippen molar-refractivity contribution in [2.75, 3.05) is 7.11 Å². The summed E-state index contributed by atoms with van der Waals surface area (Å²) < 4.78 is 32.8. The zero-order chi connectivity index (χ0) is 17.0. The standard InChI is InChI=1S/C17H24N2O3S/c1-5-6-11-19-14(3)13(2)18-17(19)23(20,21)12-15-9-7-8-10-16(15)22-4/h7-10H,5-6,11-12H2,1-4H3. The number of ether oxygens (including phenoxy) is 1. The molecule has 0 bridgehead atoms. The number of benzene rings is 1. The van der Waals surface area contributed by atoms with Gasteiger partial charge in [-0.25, -0.2) is 13.4 Å². The van der Waals surface area contributed by atoms with Crippen molar-refractivity contribution in [3.8, 4) is 5.75 Å². The summed E-state index contributed by atoms with van der Waals surface area (Å²) in [5, 5.41) is 0.159. The molecule has 1 heterocycles. The fourth-order valence-electron chi connectivity index (χ4n) is 2.53. The Bertz CT molecular complexity index is 779. The molecule has 2 rings (SSSR count). The van der Waals surface area contributed by atoms with Crippen LogP contribution in [0.15, 0.2) is 29.4 Å². The number of para-hydroxylation sites is 1. The van der Waals surface area contributed by atoms with Crippen LogP contribution in [0.3, 0.4) is 0 Å². The zero-order valence-corrected chi connectivity index (χ0v) is 15.0. The summed E-state index contributed by atoms with van der Waals surface area (Å²) in [7, 11) is -1.99. The highest BCUT2D eigenvalue weighted by atomic mass is 32.2. The van der Waals surface area contributed by atoms with E-state index in [0.29, 0.717) is 17.9 Å². The van der Waals surface area contributed by atoms with E-state index in [0.717, 1.165) is 24.2 Å². The van der Waals surface area contributed by atoms with E-state index < -0.39 is 9.84 Å². The lowest BCUT2D eigenvalue weighted by molar-refractivity contribution is 0.411. The molecular weight excluding hydrogens is 312 g/mol. The van der Waals surface area contributed by atoms with Crippen molar-refractivity contribution >= 4 is 9.84 Å². The third-order valence-electron chi connectivity index (χ3n) is 3.97. The lowest BCUT2D eigenvalue weighted by atomic mass is 10.2. The average Bonchev–Trinajstić information content (AvgIpc) is 2.81. The van der Waals surface area contributed by atoms with Crippen molar-refractivity contribution in [3.63, 3.8) is 0 Å². The van der Waals surface area contributed by atoms with Gasteiger partial charge in [0.2, 0.25) is 15.0 Å². The Kier molecular flexibility index (Phi) is 5.46.